The minimum absolute atomic E-state index is 0.193. The maximum absolute atomic E-state index is 11.2. The molecule has 0 atom stereocenters. The van der Waals surface area contributed by atoms with Crippen LogP contribution in [0.3, 0.4) is 0 Å². The smallest absolute Gasteiger partial charge is 0.373 e. The Balaban J connectivity index is 2.76. The third-order valence-corrected chi connectivity index (χ3v) is 2.41. The summed E-state index contributed by atoms with van der Waals surface area (Å²) in [6.45, 7) is 1.72. The highest BCUT2D eigenvalue weighted by atomic mass is 127. The van der Waals surface area contributed by atoms with Gasteiger partial charge in [0.05, 0.1) is 7.11 Å². The van der Waals surface area contributed by atoms with E-state index in [1.807, 2.05) is 12.1 Å². The highest BCUT2D eigenvalue weighted by molar-refractivity contribution is 14.1. The molecule has 0 N–H and O–H groups in total. The van der Waals surface area contributed by atoms with Crippen LogP contribution in [-0.2, 0) is 9.53 Å². The van der Waals surface area contributed by atoms with Gasteiger partial charge in [-0.15, -0.1) is 0 Å². The molecule has 0 saturated heterocycles. The summed E-state index contributed by atoms with van der Waals surface area (Å²) in [6, 6.07) is 7.41. The molecule has 0 amide bonds. The standard InChI is InChI=1S/C11H11IO3/c1-3-10(11(13)14-2)15-9-6-4-8(12)5-7-9/h3-7H,1-2H3/b10-3-. The molecule has 0 fully saturated rings. The Morgan fingerprint density at radius 1 is 1.33 bits per heavy atom. The maximum atomic E-state index is 11.2. The van der Waals surface area contributed by atoms with Gasteiger partial charge in [0, 0.05) is 3.57 Å². The van der Waals surface area contributed by atoms with Crippen LogP contribution in [0.25, 0.3) is 0 Å². The number of ether oxygens (including phenoxy) is 2. The van der Waals surface area contributed by atoms with Crippen molar-refractivity contribution < 1.29 is 14.3 Å². The van der Waals surface area contributed by atoms with E-state index in [1.165, 1.54) is 7.11 Å². The van der Waals surface area contributed by atoms with E-state index < -0.39 is 5.97 Å². The number of carbonyl (C=O) groups excluding carboxylic acids is 1. The van der Waals surface area contributed by atoms with Gasteiger partial charge in [-0.3, -0.25) is 0 Å². The first-order chi connectivity index (χ1) is 7.17. The lowest BCUT2D eigenvalue weighted by atomic mass is 10.3. The number of methoxy groups -OCH3 is 1. The van der Waals surface area contributed by atoms with Crippen LogP contribution in [0.2, 0.25) is 0 Å². The predicted octanol–water partition coefficient (Wildman–Crippen LogP) is 2.75. The molecule has 3 nitrogen and oxygen atoms in total. The third-order valence-electron chi connectivity index (χ3n) is 1.69. The Morgan fingerprint density at radius 2 is 1.93 bits per heavy atom. The minimum Gasteiger partial charge on any atom is -0.463 e. The van der Waals surface area contributed by atoms with E-state index in [4.69, 9.17) is 4.74 Å². The monoisotopic (exact) mass is 318 g/mol. The molecule has 4 heteroatoms. The molecule has 1 aromatic carbocycles. The lowest BCUT2D eigenvalue weighted by molar-refractivity contribution is -0.138. The van der Waals surface area contributed by atoms with Crippen molar-refractivity contribution in [1.82, 2.24) is 0 Å². The molecule has 0 aromatic heterocycles. The number of esters is 1. The van der Waals surface area contributed by atoms with E-state index in [0.717, 1.165) is 3.57 Å². The number of carbonyl (C=O) groups is 1. The van der Waals surface area contributed by atoms with Gasteiger partial charge in [-0.05, 0) is 59.9 Å². The minimum atomic E-state index is -0.476. The van der Waals surface area contributed by atoms with Gasteiger partial charge in [0.2, 0.25) is 5.76 Å². The van der Waals surface area contributed by atoms with E-state index in [9.17, 15) is 4.79 Å². The molecule has 0 saturated carbocycles. The number of hydrogen-bond acceptors (Lipinski definition) is 3. The van der Waals surface area contributed by atoms with Crippen molar-refractivity contribution in [3.63, 3.8) is 0 Å². The second kappa shape index (κ2) is 5.75. The van der Waals surface area contributed by atoms with Crippen molar-refractivity contribution in [1.29, 1.82) is 0 Å². The van der Waals surface area contributed by atoms with Gasteiger partial charge >= 0.3 is 5.97 Å². The van der Waals surface area contributed by atoms with Crippen LogP contribution in [0, 0.1) is 3.57 Å². The first-order valence-corrected chi connectivity index (χ1v) is 5.43. The van der Waals surface area contributed by atoms with Crippen molar-refractivity contribution in [3.8, 4) is 5.75 Å². The van der Waals surface area contributed by atoms with Gasteiger partial charge in [-0.1, -0.05) is 0 Å². The van der Waals surface area contributed by atoms with Crippen molar-refractivity contribution in [2.75, 3.05) is 7.11 Å². The first-order valence-electron chi connectivity index (χ1n) is 4.35. The molecular formula is C11H11IO3. The zero-order valence-corrected chi connectivity index (χ0v) is 10.6. The van der Waals surface area contributed by atoms with Gasteiger partial charge in [-0.2, -0.15) is 0 Å². The zero-order valence-electron chi connectivity index (χ0n) is 8.49. The third kappa shape index (κ3) is 3.54. The highest BCUT2D eigenvalue weighted by Crippen LogP contribution is 2.16. The van der Waals surface area contributed by atoms with Crippen molar-refractivity contribution in [3.05, 3.63) is 39.7 Å². The highest BCUT2D eigenvalue weighted by Gasteiger charge is 2.10. The van der Waals surface area contributed by atoms with Crippen LogP contribution in [0.4, 0.5) is 0 Å². The molecule has 0 aliphatic rings. The summed E-state index contributed by atoms with van der Waals surface area (Å²) in [4.78, 5) is 11.2. The van der Waals surface area contributed by atoms with E-state index in [1.54, 1.807) is 25.1 Å². The Hall–Kier alpha value is -1.04. The first kappa shape index (κ1) is 12.0. The van der Waals surface area contributed by atoms with Crippen LogP contribution in [0.1, 0.15) is 6.92 Å². The summed E-state index contributed by atoms with van der Waals surface area (Å²) in [5.74, 6) is 0.337. The second-order valence-electron chi connectivity index (χ2n) is 2.70. The van der Waals surface area contributed by atoms with Gasteiger partial charge in [0.15, 0.2) is 0 Å². The van der Waals surface area contributed by atoms with Crippen LogP contribution >= 0.6 is 22.6 Å². The average Bonchev–Trinajstić information content (AvgIpc) is 2.27. The fraction of sp³-hybridized carbons (Fsp3) is 0.182. The van der Waals surface area contributed by atoms with Gasteiger partial charge in [-0.25, -0.2) is 4.79 Å². The normalized spacial score (nSPS) is 11.0. The van der Waals surface area contributed by atoms with Crippen LogP contribution in [0.5, 0.6) is 5.75 Å². The van der Waals surface area contributed by atoms with E-state index >= 15 is 0 Å². The second-order valence-corrected chi connectivity index (χ2v) is 3.95. The van der Waals surface area contributed by atoms with E-state index in [-0.39, 0.29) is 5.76 Å². The number of rotatable bonds is 3. The predicted molar refractivity (Wildman–Crippen MR) is 65.6 cm³/mol. The summed E-state index contributed by atoms with van der Waals surface area (Å²) in [6.07, 6.45) is 1.57. The summed E-state index contributed by atoms with van der Waals surface area (Å²) >= 11 is 2.20. The van der Waals surface area contributed by atoms with Crippen LogP contribution < -0.4 is 4.74 Å². The van der Waals surface area contributed by atoms with Crippen LogP contribution in [0.15, 0.2) is 36.1 Å². The largest absolute Gasteiger partial charge is 0.463 e. The molecule has 0 heterocycles. The fourth-order valence-corrected chi connectivity index (χ4v) is 1.31. The van der Waals surface area contributed by atoms with Gasteiger partial charge in [0.1, 0.15) is 5.75 Å². The molecule has 0 spiro atoms. The Bertz CT molecular complexity index is 368. The Labute approximate surface area is 102 Å². The Morgan fingerprint density at radius 3 is 2.40 bits per heavy atom. The summed E-state index contributed by atoms with van der Waals surface area (Å²) in [5, 5.41) is 0. The topological polar surface area (TPSA) is 35.5 Å². The van der Waals surface area contributed by atoms with Gasteiger partial charge in [0.25, 0.3) is 0 Å². The van der Waals surface area contributed by atoms with Crippen molar-refractivity contribution >= 4 is 28.6 Å². The summed E-state index contributed by atoms with van der Waals surface area (Å²) < 4.78 is 11.0. The quantitative estimate of drug-likeness (QED) is 0.372. The van der Waals surface area contributed by atoms with E-state index in [0.29, 0.717) is 5.75 Å². The van der Waals surface area contributed by atoms with E-state index in [2.05, 4.69) is 27.3 Å². The Kier molecular flexibility index (Phi) is 4.61. The number of halogens is 1. The molecule has 0 unspecified atom stereocenters. The molecular weight excluding hydrogens is 307 g/mol. The molecule has 1 aromatic rings. The average molecular weight is 318 g/mol. The fourth-order valence-electron chi connectivity index (χ4n) is 0.949. The zero-order chi connectivity index (χ0) is 11.3. The van der Waals surface area contributed by atoms with Crippen LogP contribution in [-0.4, -0.2) is 13.1 Å². The lowest BCUT2D eigenvalue weighted by Gasteiger charge is -2.07. The van der Waals surface area contributed by atoms with Gasteiger partial charge < -0.3 is 9.47 Å². The molecule has 0 aliphatic heterocycles. The number of benzene rings is 1. The molecule has 1 rings (SSSR count). The molecule has 0 aliphatic carbocycles. The van der Waals surface area contributed by atoms with Crippen molar-refractivity contribution in [2.24, 2.45) is 0 Å². The molecule has 0 radical (unpaired) electrons. The lowest BCUT2D eigenvalue weighted by Crippen LogP contribution is -2.10. The summed E-state index contributed by atoms with van der Waals surface area (Å²) in [7, 11) is 1.32. The maximum Gasteiger partial charge on any atom is 0.373 e. The molecule has 0 bridgehead atoms. The SMILES string of the molecule is C/C=C(\Oc1ccc(I)cc1)C(=O)OC. The number of hydrogen-bond donors (Lipinski definition) is 0. The molecule has 15 heavy (non-hydrogen) atoms. The molecule has 80 valence electrons. The van der Waals surface area contributed by atoms with Crippen molar-refractivity contribution in [2.45, 2.75) is 6.92 Å². The summed E-state index contributed by atoms with van der Waals surface area (Å²) in [5.41, 5.74) is 0. The number of allylic oxidation sites excluding steroid dienone is 1.